The number of nitrogens with zero attached hydrogens (tertiary/aromatic N) is 1. The third-order valence-electron chi connectivity index (χ3n) is 2.79. The monoisotopic (exact) mass is 233 g/mol. The highest BCUT2D eigenvalue weighted by Gasteiger charge is 2.36. The molecule has 1 aliphatic carbocycles. The zero-order valence-corrected chi connectivity index (χ0v) is 9.25. The van der Waals surface area contributed by atoms with E-state index in [1.54, 1.807) is 0 Å². The van der Waals surface area contributed by atoms with E-state index in [9.17, 15) is 14.9 Å². The molecule has 7 nitrogen and oxygen atoms in total. The van der Waals surface area contributed by atoms with E-state index in [0.717, 1.165) is 0 Å². The molecule has 92 valence electrons. The molecule has 1 saturated carbocycles. The SMILES string of the molecule is COC(=O)C1CCC(O[N+](=O)[O-])C(OC)C1. The number of rotatable bonds is 4. The summed E-state index contributed by atoms with van der Waals surface area (Å²) in [5.74, 6) is -0.567. The lowest BCUT2D eigenvalue weighted by Gasteiger charge is -2.32. The predicted octanol–water partition coefficient (Wildman–Crippen LogP) is 0.551. The normalized spacial score (nSPS) is 29.5. The molecule has 0 spiro atoms. The first-order valence-corrected chi connectivity index (χ1v) is 5.00. The summed E-state index contributed by atoms with van der Waals surface area (Å²) in [6.07, 6.45) is 0.288. The maximum atomic E-state index is 11.3. The predicted molar refractivity (Wildman–Crippen MR) is 52.0 cm³/mol. The Hall–Kier alpha value is -1.37. The van der Waals surface area contributed by atoms with Crippen molar-refractivity contribution in [2.75, 3.05) is 14.2 Å². The maximum Gasteiger partial charge on any atom is 0.308 e. The van der Waals surface area contributed by atoms with Crippen LogP contribution >= 0.6 is 0 Å². The Kier molecular flexibility index (Phi) is 4.48. The topological polar surface area (TPSA) is 87.9 Å². The van der Waals surface area contributed by atoms with Crippen molar-refractivity contribution in [3.63, 3.8) is 0 Å². The van der Waals surface area contributed by atoms with Crippen molar-refractivity contribution in [2.24, 2.45) is 5.92 Å². The lowest BCUT2D eigenvalue weighted by atomic mass is 9.85. The van der Waals surface area contributed by atoms with Gasteiger partial charge in [0.1, 0.15) is 6.10 Å². The number of carbonyl (C=O) groups excluding carboxylic acids is 1. The van der Waals surface area contributed by atoms with Crippen molar-refractivity contribution in [2.45, 2.75) is 31.5 Å². The number of ether oxygens (including phenoxy) is 2. The van der Waals surface area contributed by atoms with Crippen LogP contribution in [0.15, 0.2) is 0 Å². The van der Waals surface area contributed by atoms with Crippen molar-refractivity contribution in [1.82, 2.24) is 0 Å². The lowest BCUT2D eigenvalue weighted by molar-refractivity contribution is -0.771. The maximum absolute atomic E-state index is 11.3. The Morgan fingerprint density at radius 2 is 2.00 bits per heavy atom. The van der Waals surface area contributed by atoms with Crippen LogP contribution in [0.5, 0.6) is 0 Å². The number of esters is 1. The summed E-state index contributed by atoms with van der Waals surface area (Å²) in [7, 11) is 2.77. The molecule has 0 aromatic rings. The third-order valence-corrected chi connectivity index (χ3v) is 2.79. The average molecular weight is 233 g/mol. The summed E-state index contributed by atoms with van der Waals surface area (Å²) in [5.41, 5.74) is 0. The highest BCUT2D eigenvalue weighted by Crippen LogP contribution is 2.29. The number of hydrogen-bond donors (Lipinski definition) is 0. The molecular weight excluding hydrogens is 218 g/mol. The molecule has 1 fully saturated rings. The third kappa shape index (κ3) is 3.06. The molecule has 0 N–H and O–H groups in total. The van der Waals surface area contributed by atoms with Gasteiger partial charge in [0.05, 0.1) is 19.1 Å². The Balaban J connectivity index is 2.56. The van der Waals surface area contributed by atoms with Crippen LogP contribution < -0.4 is 0 Å². The summed E-state index contributed by atoms with van der Waals surface area (Å²) in [5, 5.41) is 9.41. The molecule has 0 heterocycles. The van der Waals surface area contributed by atoms with Gasteiger partial charge in [-0.05, 0) is 19.3 Å². The molecule has 3 atom stereocenters. The summed E-state index contributed by atoms with van der Waals surface area (Å²) in [6.45, 7) is 0. The lowest BCUT2D eigenvalue weighted by Crippen LogP contribution is -2.40. The fourth-order valence-corrected chi connectivity index (χ4v) is 1.96. The Morgan fingerprint density at radius 3 is 2.50 bits per heavy atom. The first kappa shape index (κ1) is 12.7. The van der Waals surface area contributed by atoms with Gasteiger partial charge >= 0.3 is 5.97 Å². The van der Waals surface area contributed by atoms with Crippen LogP contribution in [0.3, 0.4) is 0 Å². The number of carbonyl (C=O) groups is 1. The van der Waals surface area contributed by atoms with Gasteiger partial charge in [0.15, 0.2) is 0 Å². The molecule has 16 heavy (non-hydrogen) atoms. The highest BCUT2D eigenvalue weighted by molar-refractivity contribution is 5.72. The molecule has 0 bridgehead atoms. The van der Waals surface area contributed by atoms with E-state index >= 15 is 0 Å². The minimum Gasteiger partial charge on any atom is -0.469 e. The second-order valence-electron chi connectivity index (χ2n) is 3.67. The molecular formula is C9H15NO6. The van der Waals surface area contributed by atoms with Crippen molar-refractivity contribution in [3.8, 4) is 0 Å². The molecule has 1 rings (SSSR count). The van der Waals surface area contributed by atoms with Crippen LogP contribution in [0, 0.1) is 16.0 Å². The summed E-state index contributed by atoms with van der Waals surface area (Å²) < 4.78 is 9.72. The number of methoxy groups -OCH3 is 2. The van der Waals surface area contributed by atoms with Crippen LogP contribution in [0.1, 0.15) is 19.3 Å². The van der Waals surface area contributed by atoms with Crippen molar-refractivity contribution in [1.29, 1.82) is 0 Å². The van der Waals surface area contributed by atoms with Gasteiger partial charge in [-0.15, -0.1) is 10.1 Å². The van der Waals surface area contributed by atoms with Crippen LogP contribution in [0.4, 0.5) is 0 Å². The number of hydrogen-bond acceptors (Lipinski definition) is 6. The van der Waals surface area contributed by atoms with E-state index in [0.29, 0.717) is 19.3 Å². The van der Waals surface area contributed by atoms with Gasteiger partial charge in [-0.1, -0.05) is 0 Å². The average Bonchev–Trinajstić information content (AvgIpc) is 2.27. The van der Waals surface area contributed by atoms with E-state index in [2.05, 4.69) is 9.57 Å². The molecule has 7 heteroatoms. The quantitative estimate of drug-likeness (QED) is 0.400. The standard InChI is InChI=1S/C9H15NO6/c1-14-8-5-6(9(11)15-2)3-4-7(8)16-10(12)13/h6-8H,3-5H2,1-2H3. The van der Waals surface area contributed by atoms with Gasteiger partial charge < -0.3 is 14.3 Å². The van der Waals surface area contributed by atoms with Gasteiger partial charge in [-0.3, -0.25) is 4.79 Å². The Bertz CT molecular complexity index is 269. The minimum atomic E-state index is -0.824. The van der Waals surface area contributed by atoms with E-state index < -0.39 is 17.3 Å². The van der Waals surface area contributed by atoms with Crippen LogP contribution in [-0.4, -0.2) is 37.5 Å². The van der Waals surface area contributed by atoms with E-state index in [1.165, 1.54) is 14.2 Å². The molecule has 0 radical (unpaired) electrons. The van der Waals surface area contributed by atoms with Gasteiger partial charge in [-0.25, -0.2) is 0 Å². The summed E-state index contributed by atoms with van der Waals surface area (Å²) >= 11 is 0. The molecule has 1 aliphatic rings. The molecule has 0 aliphatic heterocycles. The van der Waals surface area contributed by atoms with Crippen molar-refractivity contribution in [3.05, 3.63) is 10.1 Å². The molecule has 0 aromatic carbocycles. The van der Waals surface area contributed by atoms with Gasteiger partial charge in [0, 0.05) is 7.11 Å². The van der Waals surface area contributed by atoms with Crippen LogP contribution in [-0.2, 0) is 19.1 Å². The summed E-state index contributed by atoms with van der Waals surface area (Å²) in [4.78, 5) is 26.0. The van der Waals surface area contributed by atoms with Crippen molar-refractivity contribution < 1.29 is 24.2 Å². The van der Waals surface area contributed by atoms with E-state index in [4.69, 9.17) is 4.74 Å². The van der Waals surface area contributed by atoms with Gasteiger partial charge in [0.2, 0.25) is 0 Å². The molecule has 3 unspecified atom stereocenters. The van der Waals surface area contributed by atoms with E-state index in [1.807, 2.05) is 0 Å². The van der Waals surface area contributed by atoms with Crippen LogP contribution in [0.2, 0.25) is 0 Å². The largest absolute Gasteiger partial charge is 0.469 e. The first-order valence-electron chi connectivity index (χ1n) is 5.00. The second-order valence-corrected chi connectivity index (χ2v) is 3.67. The molecule has 0 amide bonds. The van der Waals surface area contributed by atoms with Gasteiger partial charge in [-0.2, -0.15) is 0 Å². The van der Waals surface area contributed by atoms with Crippen LogP contribution in [0.25, 0.3) is 0 Å². The smallest absolute Gasteiger partial charge is 0.308 e. The highest BCUT2D eigenvalue weighted by atomic mass is 17.0. The first-order chi connectivity index (χ1) is 7.58. The van der Waals surface area contributed by atoms with Crippen molar-refractivity contribution >= 4 is 5.97 Å². The Morgan fingerprint density at radius 1 is 1.31 bits per heavy atom. The zero-order chi connectivity index (χ0) is 12.1. The van der Waals surface area contributed by atoms with Gasteiger partial charge in [0.25, 0.3) is 5.09 Å². The summed E-state index contributed by atoms with van der Waals surface area (Å²) in [6, 6.07) is 0. The second kappa shape index (κ2) is 5.64. The zero-order valence-electron chi connectivity index (χ0n) is 9.25. The minimum absolute atomic E-state index is 0.262. The molecule has 0 saturated heterocycles. The Labute approximate surface area is 92.8 Å². The fourth-order valence-electron chi connectivity index (χ4n) is 1.96. The molecule has 0 aromatic heterocycles. The fraction of sp³-hybridized carbons (Fsp3) is 0.889. The van der Waals surface area contributed by atoms with E-state index in [-0.39, 0.29) is 11.9 Å².